The Bertz CT molecular complexity index is 311. The van der Waals surface area contributed by atoms with Gasteiger partial charge in [0.1, 0.15) is 0 Å². The van der Waals surface area contributed by atoms with Crippen molar-refractivity contribution in [2.75, 3.05) is 0 Å². The average Bonchev–Trinajstić information content (AvgIpc) is 1.88. The zero-order valence-corrected chi connectivity index (χ0v) is 5.88. The number of hydrogen-bond donors (Lipinski definition) is 1. The molecular weight excluding hydrogens is 152 g/mol. The molecule has 0 saturated heterocycles. The fourth-order valence-electron chi connectivity index (χ4n) is 0.515. The lowest BCUT2D eigenvalue weighted by molar-refractivity contribution is 0.608. The highest BCUT2D eigenvalue weighted by atomic mass is 32.2. The van der Waals surface area contributed by atoms with E-state index in [1.165, 1.54) is 12.3 Å². The van der Waals surface area contributed by atoms with Crippen LogP contribution in [0.1, 0.15) is 0 Å². The van der Waals surface area contributed by atoms with Crippen LogP contribution in [-0.4, -0.2) is 13.5 Å². The van der Waals surface area contributed by atoms with Crippen molar-refractivity contribution in [2.24, 2.45) is 5.14 Å². The van der Waals surface area contributed by atoms with E-state index in [0.29, 0.717) is 0 Å². The summed E-state index contributed by atoms with van der Waals surface area (Å²) >= 11 is 0. The molecule has 1 radical (unpaired) electrons. The first kappa shape index (κ1) is 7.17. The molecule has 0 spiro atoms. The van der Waals surface area contributed by atoms with Crippen LogP contribution in [0.3, 0.4) is 0 Å². The molecule has 4 nitrogen and oxygen atoms in total. The van der Waals surface area contributed by atoms with Crippen LogP contribution < -0.4 is 10.1 Å². The maximum atomic E-state index is 10.5. The average molecular weight is 158 g/mol. The molecule has 1 heterocycles. The molecule has 0 amide bonds. The number of hydrogen-bond acceptors (Lipinski definition) is 3. The van der Waals surface area contributed by atoms with Gasteiger partial charge in [-0.1, -0.05) is 0 Å². The minimum absolute atomic E-state index is 0.102. The molecule has 1 rings (SSSR count). The highest BCUT2D eigenvalue weighted by molar-refractivity contribution is 8.04. The Labute approximate surface area is 58.8 Å². The Morgan fingerprint density at radius 3 is 2.40 bits per heavy atom. The first-order valence-corrected chi connectivity index (χ1v) is 4.09. The minimum Gasteiger partial charge on any atom is -0.219 e. The van der Waals surface area contributed by atoms with Crippen LogP contribution >= 0.6 is 0 Å². The van der Waals surface area contributed by atoms with Crippen LogP contribution in [0.25, 0.3) is 0 Å². The molecule has 0 aliphatic carbocycles. The molecule has 53 valence electrons. The molecule has 10 heavy (non-hydrogen) atoms. The molecule has 0 unspecified atom stereocenters. The summed E-state index contributed by atoms with van der Waals surface area (Å²) in [5, 5.41) is 4.66. The highest BCUT2D eigenvalue weighted by Gasteiger charge is 2.21. The number of sulfonamides is 1. The second-order valence-electron chi connectivity index (χ2n) is 1.71. The molecular formula is C5H6N2O2S+. The summed E-state index contributed by atoms with van der Waals surface area (Å²) in [4.78, 5) is 3.54. The molecule has 0 aromatic rings. The second-order valence-corrected chi connectivity index (χ2v) is 3.22. The van der Waals surface area contributed by atoms with Gasteiger partial charge >= 0.3 is 15.1 Å². The van der Waals surface area contributed by atoms with Crippen molar-refractivity contribution in [3.05, 3.63) is 24.4 Å². The minimum atomic E-state index is -3.61. The van der Waals surface area contributed by atoms with E-state index in [1.807, 2.05) is 0 Å². The van der Waals surface area contributed by atoms with E-state index in [2.05, 4.69) is 4.99 Å². The summed E-state index contributed by atoms with van der Waals surface area (Å²) in [6, 6.07) is 0. The Morgan fingerprint density at radius 1 is 1.40 bits per heavy atom. The van der Waals surface area contributed by atoms with Crippen molar-refractivity contribution in [1.29, 1.82) is 0 Å². The van der Waals surface area contributed by atoms with Crippen molar-refractivity contribution >= 4 is 15.1 Å². The molecule has 5 heteroatoms. The fourth-order valence-corrected chi connectivity index (χ4v) is 0.991. The van der Waals surface area contributed by atoms with Crippen molar-refractivity contribution in [2.45, 2.75) is 0 Å². The highest BCUT2D eigenvalue weighted by Crippen LogP contribution is 1.90. The second kappa shape index (κ2) is 2.36. The van der Waals surface area contributed by atoms with Gasteiger partial charge in [0.25, 0.3) is 0 Å². The summed E-state index contributed by atoms with van der Waals surface area (Å²) < 4.78 is 21.1. The first-order valence-electron chi connectivity index (χ1n) is 2.54. The maximum Gasteiger partial charge on any atom is 0.381 e. The zero-order valence-electron chi connectivity index (χ0n) is 5.06. The number of rotatable bonds is 0. The van der Waals surface area contributed by atoms with E-state index in [1.54, 1.807) is 12.2 Å². The largest absolute Gasteiger partial charge is 0.381 e. The lowest BCUT2D eigenvalue weighted by atomic mass is 10.4. The predicted octanol–water partition coefficient (Wildman–Crippen LogP) is -0.907. The monoisotopic (exact) mass is 158 g/mol. The lowest BCUT2D eigenvalue weighted by Crippen LogP contribution is -2.25. The Balaban J connectivity index is 3.08. The third-order valence-electron chi connectivity index (χ3n) is 0.929. The molecule has 0 atom stereocenters. The Hall–Kier alpha value is -0.940. The molecule has 0 aromatic heterocycles. The number of allylic oxidation sites excluding steroid dienone is 2. The van der Waals surface area contributed by atoms with Gasteiger partial charge in [-0.2, -0.15) is 0 Å². The van der Waals surface area contributed by atoms with Gasteiger partial charge in [-0.25, -0.2) is 13.6 Å². The summed E-state index contributed by atoms with van der Waals surface area (Å²) in [5.41, 5.74) is 0. The topological polar surface area (TPSA) is 74.3 Å². The standard InChI is InChI=1S/C5H6N2O2S/c6-10(8,9)5-3-1-2-4-7-5/h1-4H,(H2,6,8,9)/q+1. The van der Waals surface area contributed by atoms with Gasteiger partial charge in [0.2, 0.25) is 6.20 Å². The number of aliphatic imine (C=N–C) groups is 1. The molecule has 1 aliphatic heterocycles. The van der Waals surface area contributed by atoms with Gasteiger partial charge in [-0.3, -0.25) is 0 Å². The van der Waals surface area contributed by atoms with Crippen molar-refractivity contribution < 1.29 is 8.42 Å². The third kappa shape index (κ3) is 1.52. The van der Waals surface area contributed by atoms with E-state index in [-0.39, 0.29) is 5.04 Å². The van der Waals surface area contributed by atoms with E-state index in [4.69, 9.17) is 5.14 Å². The molecule has 2 N–H and O–H groups in total. The summed E-state index contributed by atoms with van der Waals surface area (Å²) in [6.45, 7) is 0. The van der Waals surface area contributed by atoms with E-state index in [9.17, 15) is 8.42 Å². The van der Waals surface area contributed by atoms with E-state index in [0.717, 1.165) is 0 Å². The molecule has 0 fully saturated rings. The van der Waals surface area contributed by atoms with Gasteiger partial charge < -0.3 is 0 Å². The normalized spacial score (nSPS) is 17.1. The molecule has 1 aliphatic rings. The summed E-state index contributed by atoms with van der Waals surface area (Å²) in [6.07, 6.45) is 5.90. The van der Waals surface area contributed by atoms with Gasteiger partial charge in [0.15, 0.2) is 0 Å². The van der Waals surface area contributed by atoms with Crippen LogP contribution in [0, 0.1) is 0 Å². The Morgan fingerprint density at radius 2 is 2.10 bits per heavy atom. The smallest absolute Gasteiger partial charge is 0.219 e. The van der Waals surface area contributed by atoms with E-state index >= 15 is 0 Å². The van der Waals surface area contributed by atoms with Gasteiger partial charge in [-0.05, 0) is 6.08 Å². The Kier molecular flexibility index (Phi) is 1.69. The van der Waals surface area contributed by atoms with Crippen LogP contribution in [0.2, 0.25) is 0 Å². The fraction of sp³-hybridized carbons (Fsp3) is 0. The van der Waals surface area contributed by atoms with Gasteiger partial charge in [0, 0.05) is 12.2 Å². The number of nitrogens with zero attached hydrogens (tertiary/aromatic N) is 1. The SMILES string of the molecule is NS(=O)(=O)C1=[N+]C=CC=C1. The van der Waals surface area contributed by atoms with Gasteiger partial charge in [0.05, 0.1) is 4.99 Å². The number of nitrogens with two attached hydrogens (primary N) is 1. The number of primary sulfonamides is 1. The quantitative estimate of drug-likeness (QED) is 0.495. The molecule has 0 bridgehead atoms. The first-order chi connectivity index (χ1) is 4.61. The van der Waals surface area contributed by atoms with E-state index < -0.39 is 10.0 Å². The lowest BCUT2D eigenvalue weighted by Gasteiger charge is -1.85. The zero-order chi connectivity index (χ0) is 7.61. The predicted molar refractivity (Wildman–Crippen MR) is 38.5 cm³/mol. The van der Waals surface area contributed by atoms with Crippen LogP contribution in [0.4, 0.5) is 0 Å². The van der Waals surface area contributed by atoms with Crippen LogP contribution in [0.5, 0.6) is 0 Å². The molecule has 0 saturated carbocycles. The molecule has 0 aromatic carbocycles. The van der Waals surface area contributed by atoms with Crippen molar-refractivity contribution in [3.63, 3.8) is 0 Å². The van der Waals surface area contributed by atoms with Crippen LogP contribution in [0.15, 0.2) is 24.4 Å². The van der Waals surface area contributed by atoms with Gasteiger partial charge in [-0.15, -0.1) is 0 Å². The summed E-state index contributed by atoms with van der Waals surface area (Å²) in [7, 11) is -3.61. The van der Waals surface area contributed by atoms with Crippen molar-refractivity contribution in [1.82, 2.24) is 4.99 Å². The maximum absolute atomic E-state index is 10.5. The third-order valence-corrected chi connectivity index (χ3v) is 1.75. The summed E-state index contributed by atoms with van der Waals surface area (Å²) in [5.74, 6) is 0. The van der Waals surface area contributed by atoms with Crippen molar-refractivity contribution in [3.8, 4) is 0 Å². The van der Waals surface area contributed by atoms with Crippen LogP contribution in [-0.2, 0) is 10.0 Å².